The molecule has 0 atom stereocenters. The lowest BCUT2D eigenvalue weighted by Gasteiger charge is -2.20. The van der Waals surface area contributed by atoms with Gasteiger partial charge in [-0.2, -0.15) is 0 Å². The Morgan fingerprint density at radius 3 is 2.86 bits per heavy atom. The Balaban J connectivity index is 2.57. The lowest BCUT2D eigenvalue weighted by atomic mass is 9.99. The van der Waals surface area contributed by atoms with E-state index in [0.29, 0.717) is 0 Å². The van der Waals surface area contributed by atoms with Crippen molar-refractivity contribution >= 4 is 17.3 Å². The van der Waals surface area contributed by atoms with Gasteiger partial charge in [-0.3, -0.25) is 0 Å². The molecule has 1 heteroatoms. The van der Waals surface area contributed by atoms with Gasteiger partial charge in [-0.1, -0.05) is 49.6 Å². The van der Waals surface area contributed by atoms with E-state index in [0.717, 1.165) is 10.7 Å². The van der Waals surface area contributed by atoms with E-state index in [-0.39, 0.29) is 0 Å². The van der Waals surface area contributed by atoms with Crippen LogP contribution in [-0.2, 0) is 5.75 Å². The summed E-state index contributed by atoms with van der Waals surface area (Å²) in [6, 6.07) is 8.47. The third-order valence-electron chi connectivity index (χ3n) is 2.29. The van der Waals surface area contributed by atoms with E-state index in [4.69, 9.17) is 0 Å². The van der Waals surface area contributed by atoms with Crippen molar-refractivity contribution in [2.24, 2.45) is 0 Å². The summed E-state index contributed by atoms with van der Waals surface area (Å²) in [6.07, 6.45) is 3.86. The van der Waals surface area contributed by atoms with Crippen LogP contribution in [0.1, 0.15) is 11.1 Å². The Kier molecular flexibility index (Phi) is 2.60. The summed E-state index contributed by atoms with van der Waals surface area (Å²) < 4.78 is 0. The van der Waals surface area contributed by atoms with Gasteiger partial charge in [-0.05, 0) is 16.7 Å². The number of rotatable bonds is 1. The molecule has 0 saturated carbocycles. The molecule has 1 aromatic carbocycles. The van der Waals surface area contributed by atoms with E-state index in [9.17, 15) is 0 Å². The second kappa shape index (κ2) is 3.89. The second-order valence-corrected chi connectivity index (χ2v) is 4.26. The monoisotopic (exact) mass is 200 g/mol. The molecule has 1 aromatic rings. The molecule has 0 aromatic heterocycles. The zero-order chi connectivity index (χ0) is 9.97. The number of benzene rings is 1. The van der Waals surface area contributed by atoms with Crippen molar-refractivity contribution in [1.82, 2.24) is 0 Å². The first-order valence-electron chi connectivity index (χ1n) is 4.56. The van der Waals surface area contributed by atoms with Crippen molar-refractivity contribution in [2.45, 2.75) is 5.75 Å². The Morgan fingerprint density at radius 2 is 2.07 bits per heavy atom. The fourth-order valence-electron chi connectivity index (χ4n) is 1.60. The van der Waals surface area contributed by atoms with Gasteiger partial charge in [0.2, 0.25) is 0 Å². The first-order chi connectivity index (χ1) is 6.83. The predicted molar refractivity (Wildman–Crippen MR) is 65.1 cm³/mol. The molecule has 0 N–H and O–H groups in total. The summed E-state index contributed by atoms with van der Waals surface area (Å²) in [5.41, 5.74) is 3.90. The van der Waals surface area contributed by atoms with Crippen molar-refractivity contribution < 1.29 is 0 Å². The standard InChI is InChI=1S/C13H12S/c1-3-6-12-10(2)14-9-11-7-4-5-8-13(11)12/h3-8H,1-2,9H2/b12-6+. The van der Waals surface area contributed by atoms with Crippen molar-refractivity contribution in [3.63, 3.8) is 0 Å². The van der Waals surface area contributed by atoms with Crippen molar-refractivity contribution in [1.29, 1.82) is 0 Å². The van der Waals surface area contributed by atoms with Gasteiger partial charge in [-0.25, -0.2) is 0 Å². The molecule has 1 heterocycles. The van der Waals surface area contributed by atoms with Gasteiger partial charge in [-0.15, -0.1) is 11.8 Å². The van der Waals surface area contributed by atoms with Crippen LogP contribution < -0.4 is 0 Å². The number of allylic oxidation sites excluding steroid dienone is 3. The summed E-state index contributed by atoms with van der Waals surface area (Å²) in [5, 5.41) is 0. The van der Waals surface area contributed by atoms with Crippen molar-refractivity contribution in [3.8, 4) is 0 Å². The van der Waals surface area contributed by atoms with Crippen LogP contribution in [-0.4, -0.2) is 0 Å². The normalized spacial score (nSPS) is 18.0. The highest BCUT2D eigenvalue weighted by molar-refractivity contribution is 8.03. The van der Waals surface area contributed by atoms with Crippen LogP contribution in [0.3, 0.4) is 0 Å². The molecule has 1 aliphatic rings. The molecule has 0 radical (unpaired) electrons. The highest BCUT2D eigenvalue weighted by Crippen LogP contribution is 2.40. The molecule has 0 unspecified atom stereocenters. The molecule has 0 saturated heterocycles. The third-order valence-corrected chi connectivity index (χ3v) is 3.32. The average Bonchev–Trinajstić information content (AvgIpc) is 2.23. The van der Waals surface area contributed by atoms with Gasteiger partial charge in [0.15, 0.2) is 0 Å². The molecule has 0 amide bonds. The lowest BCUT2D eigenvalue weighted by Crippen LogP contribution is -1.98. The topological polar surface area (TPSA) is 0 Å². The van der Waals surface area contributed by atoms with Crippen molar-refractivity contribution in [2.75, 3.05) is 0 Å². The molecule has 0 nitrogen and oxygen atoms in total. The van der Waals surface area contributed by atoms with Crippen LogP contribution in [0.4, 0.5) is 0 Å². The Labute approximate surface area is 89.0 Å². The summed E-state index contributed by atoms with van der Waals surface area (Å²) in [4.78, 5) is 1.14. The van der Waals surface area contributed by atoms with Crippen LogP contribution in [0.15, 0.2) is 54.5 Å². The van der Waals surface area contributed by atoms with Gasteiger partial charge in [0.25, 0.3) is 0 Å². The Hall–Kier alpha value is -1.21. The van der Waals surface area contributed by atoms with Crippen LogP contribution >= 0.6 is 11.8 Å². The maximum atomic E-state index is 4.06. The van der Waals surface area contributed by atoms with Gasteiger partial charge >= 0.3 is 0 Å². The van der Waals surface area contributed by atoms with Crippen molar-refractivity contribution in [3.05, 3.63) is 65.6 Å². The van der Waals surface area contributed by atoms with E-state index in [1.165, 1.54) is 16.7 Å². The average molecular weight is 200 g/mol. The molecule has 70 valence electrons. The highest BCUT2D eigenvalue weighted by atomic mass is 32.2. The molecule has 0 spiro atoms. The molecule has 1 aliphatic heterocycles. The quantitative estimate of drug-likeness (QED) is 0.660. The largest absolute Gasteiger partial charge is 0.121 e. The molecule has 0 fully saturated rings. The molecule has 0 aliphatic carbocycles. The fraction of sp³-hybridized carbons (Fsp3) is 0.0769. The van der Waals surface area contributed by atoms with E-state index in [1.54, 1.807) is 11.8 Å². The minimum atomic E-state index is 1.03. The smallest absolute Gasteiger partial charge is 0.0238 e. The zero-order valence-corrected chi connectivity index (χ0v) is 8.81. The minimum absolute atomic E-state index is 1.03. The van der Waals surface area contributed by atoms with E-state index < -0.39 is 0 Å². The fourth-order valence-corrected chi connectivity index (χ4v) is 2.52. The second-order valence-electron chi connectivity index (χ2n) is 3.19. The van der Waals surface area contributed by atoms with E-state index >= 15 is 0 Å². The third kappa shape index (κ3) is 1.55. The summed E-state index contributed by atoms with van der Waals surface area (Å²) in [7, 11) is 0. The molecular formula is C13H12S. The van der Waals surface area contributed by atoms with Crippen LogP contribution in [0.25, 0.3) is 5.57 Å². The Bertz CT molecular complexity index is 413. The van der Waals surface area contributed by atoms with Gasteiger partial charge in [0.05, 0.1) is 0 Å². The number of thioether (sulfide) groups is 1. The van der Waals surface area contributed by atoms with Gasteiger partial charge in [0, 0.05) is 10.7 Å². The molecular weight excluding hydrogens is 188 g/mol. The van der Waals surface area contributed by atoms with Crippen LogP contribution in [0.2, 0.25) is 0 Å². The summed E-state index contributed by atoms with van der Waals surface area (Å²) >= 11 is 1.80. The minimum Gasteiger partial charge on any atom is -0.121 e. The highest BCUT2D eigenvalue weighted by Gasteiger charge is 2.15. The number of hydrogen-bond donors (Lipinski definition) is 0. The maximum absolute atomic E-state index is 4.06. The summed E-state index contributed by atoms with van der Waals surface area (Å²) in [6.45, 7) is 7.80. The lowest BCUT2D eigenvalue weighted by molar-refractivity contribution is 1.36. The number of fused-ring (bicyclic) bond motifs is 1. The molecule has 14 heavy (non-hydrogen) atoms. The SMILES string of the molecule is C=C/C=C1\C(=C)SCc2ccccc21. The predicted octanol–water partition coefficient (Wildman–Crippen LogP) is 4.02. The maximum Gasteiger partial charge on any atom is 0.0238 e. The first-order valence-corrected chi connectivity index (χ1v) is 5.54. The van der Waals surface area contributed by atoms with Gasteiger partial charge in [0.1, 0.15) is 0 Å². The number of hydrogen-bond acceptors (Lipinski definition) is 1. The van der Waals surface area contributed by atoms with Gasteiger partial charge < -0.3 is 0 Å². The first kappa shape index (κ1) is 9.35. The van der Waals surface area contributed by atoms with Crippen LogP contribution in [0.5, 0.6) is 0 Å². The zero-order valence-electron chi connectivity index (χ0n) is 7.99. The molecule has 2 rings (SSSR count). The van der Waals surface area contributed by atoms with E-state index in [1.807, 2.05) is 12.2 Å². The summed E-state index contributed by atoms with van der Waals surface area (Å²) in [5.74, 6) is 1.03. The van der Waals surface area contributed by atoms with Crippen LogP contribution in [0, 0.1) is 0 Å². The molecule has 0 bridgehead atoms. The Morgan fingerprint density at radius 1 is 1.29 bits per heavy atom. The van der Waals surface area contributed by atoms with E-state index in [2.05, 4.69) is 37.4 Å².